The molecular weight excluding hydrogens is 268 g/mol. The Balaban J connectivity index is 1.85. The van der Waals surface area contributed by atoms with Crippen LogP contribution in [0.1, 0.15) is 23.8 Å². The number of thiophene rings is 1. The van der Waals surface area contributed by atoms with E-state index in [-0.39, 0.29) is 12.1 Å². The van der Waals surface area contributed by atoms with Crippen LogP contribution in [0.3, 0.4) is 0 Å². The van der Waals surface area contributed by atoms with Crippen LogP contribution in [-0.4, -0.2) is 36.4 Å². The molecule has 1 aliphatic carbocycles. The lowest BCUT2D eigenvalue weighted by Gasteiger charge is -2.34. The van der Waals surface area contributed by atoms with Gasteiger partial charge < -0.3 is 20.5 Å². The Morgan fingerprint density at radius 2 is 2.26 bits per heavy atom. The molecule has 104 valence electrons. The maximum absolute atomic E-state index is 11.7. The third-order valence-electron chi connectivity index (χ3n) is 3.11. The van der Waals surface area contributed by atoms with Gasteiger partial charge in [0, 0.05) is 18.0 Å². The molecule has 1 saturated carbocycles. The molecule has 3 N–H and O–H groups in total. The van der Waals surface area contributed by atoms with Gasteiger partial charge in [-0.1, -0.05) is 6.07 Å². The number of carbonyl (C=O) groups is 2. The molecule has 0 aliphatic heterocycles. The second kappa shape index (κ2) is 6.03. The molecule has 1 heterocycles. The highest BCUT2D eigenvalue weighted by Gasteiger charge is 2.31. The van der Waals surface area contributed by atoms with Crippen molar-refractivity contribution in [3.8, 4) is 0 Å². The predicted molar refractivity (Wildman–Crippen MR) is 70.2 cm³/mol. The van der Waals surface area contributed by atoms with Gasteiger partial charge >= 0.3 is 12.0 Å². The van der Waals surface area contributed by atoms with E-state index in [4.69, 9.17) is 9.84 Å². The third-order valence-corrected chi connectivity index (χ3v) is 4.05. The molecule has 6 nitrogen and oxygen atoms in total. The number of rotatable bonds is 5. The van der Waals surface area contributed by atoms with Crippen LogP contribution in [0.4, 0.5) is 4.79 Å². The quantitative estimate of drug-likeness (QED) is 0.761. The van der Waals surface area contributed by atoms with Gasteiger partial charge in [-0.15, -0.1) is 11.3 Å². The summed E-state index contributed by atoms with van der Waals surface area (Å²) in [5.41, 5.74) is 0. The molecule has 1 aliphatic rings. The van der Waals surface area contributed by atoms with Crippen molar-refractivity contribution in [1.82, 2.24) is 10.6 Å². The van der Waals surface area contributed by atoms with E-state index in [1.807, 2.05) is 0 Å². The van der Waals surface area contributed by atoms with Crippen LogP contribution >= 0.6 is 11.3 Å². The summed E-state index contributed by atoms with van der Waals surface area (Å²) >= 11 is 1.30. The molecule has 1 unspecified atom stereocenters. The first-order valence-electron chi connectivity index (χ1n) is 5.96. The van der Waals surface area contributed by atoms with Gasteiger partial charge in [0.1, 0.15) is 0 Å². The Morgan fingerprint density at radius 3 is 2.79 bits per heavy atom. The molecule has 0 spiro atoms. The Hall–Kier alpha value is -1.60. The van der Waals surface area contributed by atoms with Crippen LogP contribution in [0.5, 0.6) is 0 Å². The number of carboxylic acid groups (broad SMARTS) is 1. The highest BCUT2D eigenvalue weighted by Crippen LogP contribution is 2.23. The summed E-state index contributed by atoms with van der Waals surface area (Å²) in [6.07, 6.45) is 1.72. The Kier molecular flexibility index (Phi) is 4.39. The molecule has 0 aromatic carbocycles. The minimum atomic E-state index is -1.07. The van der Waals surface area contributed by atoms with E-state index in [9.17, 15) is 9.59 Å². The molecule has 1 aromatic rings. The molecular formula is C12H16N2O4S. The average Bonchev–Trinajstić information content (AvgIpc) is 2.83. The summed E-state index contributed by atoms with van der Waals surface area (Å²) in [6, 6.07) is 2.04. The normalized spacial score (nSPS) is 23.2. The summed E-state index contributed by atoms with van der Waals surface area (Å²) in [5, 5.41) is 16.1. The zero-order valence-corrected chi connectivity index (χ0v) is 11.3. The lowest BCUT2D eigenvalue weighted by atomic mass is 9.89. The van der Waals surface area contributed by atoms with Crippen molar-refractivity contribution in [1.29, 1.82) is 0 Å². The number of ether oxygens (including phenoxy) is 1. The zero-order chi connectivity index (χ0) is 13.8. The largest absolute Gasteiger partial charge is 0.479 e. The molecule has 1 atom stereocenters. The summed E-state index contributed by atoms with van der Waals surface area (Å²) in [5.74, 6) is -1.07. The van der Waals surface area contributed by atoms with E-state index in [1.165, 1.54) is 11.3 Å². The lowest BCUT2D eigenvalue weighted by Crippen LogP contribution is -2.51. The third kappa shape index (κ3) is 3.45. The first kappa shape index (κ1) is 13.8. The van der Waals surface area contributed by atoms with Crippen molar-refractivity contribution < 1.29 is 19.4 Å². The number of hydrogen-bond acceptors (Lipinski definition) is 4. The summed E-state index contributed by atoms with van der Waals surface area (Å²) in [6.45, 7) is 0. The van der Waals surface area contributed by atoms with Crippen molar-refractivity contribution in [3.63, 3.8) is 0 Å². The second-order valence-electron chi connectivity index (χ2n) is 4.43. The Labute approximate surface area is 114 Å². The number of carboxylic acids is 1. The molecule has 1 fully saturated rings. The van der Waals surface area contributed by atoms with Gasteiger partial charge in [0.25, 0.3) is 0 Å². The molecule has 0 bridgehead atoms. The maximum Gasteiger partial charge on any atom is 0.331 e. The van der Waals surface area contributed by atoms with E-state index in [0.717, 1.165) is 12.8 Å². The molecule has 2 rings (SSSR count). The first-order chi connectivity index (χ1) is 9.10. The van der Waals surface area contributed by atoms with Crippen molar-refractivity contribution in [2.75, 3.05) is 7.11 Å². The van der Waals surface area contributed by atoms with Crippen LogP contribution < -0.4 is 10.6 Å². The number of hydrogen-bond donors (Lipinski definition) is 3. The summed E-state index contributed by atoms with van der Waals surface area (Å²) in [4.78, 5) is 23.5. The molecule has 0 radical (unpaired) electrons. The Bertz CT molecular complexity index is 443. The van der Waals surface area contributed by atoms with E-state index in [1.54, 1.807) is 24.6 Å². The van der Waals surface area contributed by atoms with Gasteiger partial charge in [-0.3, -0.25) is 0 Å². The van der Waals surface area contributed by atoms with Crippen LogP contribution in [0.15, 0.2) is 17.5 Å². The van der Waals surface area contributed by atoms with Gasteiger partial charge in [-0.2, -0.15) is 0 Å². The maximum atomic E-state index is 11.7. The minimum Gasteiger partial charge on any atom is -0.479 e. The van der Waals surface area contributed by atoms with Gasteiger partial charge in [0.15, 0.2) is 6.04 Å². The molecule has 2 amide bonds. The number of aliphatic carboxylic acids is 1. The monoisotopic (exact) mass is 284 g/mol. The topological polar surface area (TPSA) is 87.7 Å². The number of methoxy groups -OCH3 is 1. The number of urea groups is 1. The average molecular weight is 284 g/mol. The number of nitrogens with one attached hydrogen (secondary N) is 2. The smallest absolute Gasteiger partial charge is 0.331 e. The zero-order valence-electron chi connectivity index (χ0n) is 10.5. The van der Waals surface area contributed by atoms with Gasteiger partial charge in [0.2, 0.25) is 0 Å². The van der Waals surface area contributed by atoms with Crippen molar-refractivity contribution in [3.05, 3.63) is 22.4 Å². The first-order valence-corrected chi connectivity index (χ1v) is 6.84. The van der Waals surface area contributed by atoms with E-state index >= 15 is 0 Å². The number of amides is 2. The van der Waals surface area contributed by atoms with E-state index < -0.39 is 18.0 Å². The molecule has 1 aromatic heterocycles. The fourth-order valence-corrected chi connectivity index (χ4v) is 2.71. The highest BCUT2D eigenvalue weighted by atomic mass is 32.1. The van der Waals surface area contributed by atoms with Crippen molar-refractivity contribution in [2.24, 2.45) is 0 Å². The van der Waals surface area contributed by atoms with Crippen molar-refractivity contribution in [2.45, 2.75) is 31.0 Å². The summed E-state index contributed by atoms with van der Waals surface area (Å²) in [7, 11) is 1.64. The van der Waals surface area contributed by atoms with Gasteiger partial charge in [-0.05, 0) is 24.3 Å². The van der Waals surface area contributed by atoms with Crippen molar-refractivity contribution >= 4 is 23.3 Å². The van der Waals surface area contributed by atoms with E-state index in [0.29, 0.717) is 4.88 Å². The predicted octanol–water partition coefficient (Wildman–Crippen LogP) is 1.35. The van der Waals surface area contributed by atoms with Gasteiger partial charge in [0.05, 0.1) is 6.10 Å². The summed E-state index contributed by atoms with van der Waals surface area (Å²) < 4.78 is 5.11. The van der Waals surface area contributed by atoms with Crippen LogP contribution in [0, 0.1) is 0 Å². The van der Waals surface area contributed by atoms with E-state index in [2.05, 4.69) is 10.6 Å². The molecule has 0 saturated heterocycles. The van der Waals surface area contributed by atoms with Crippen LogP contribution in [0.2, 0.25) is 0 Å². The lowest BCUT2D eigenvalue weighted by molar-refractivity contribution is -0.139. The van der Waals surface area contributed by atoms with Gasteiger partial charge in [-0.25, -0.2) is 9.59 Å². The standard InChI is InChI=1S/C12H16N2O4S/c1-18-8-5-7(6-8)13-12(17)14-10(11(15)16)9-3-2-4-19-9/h2-4,7-8,10H,5-6H2,1H3,(H,15,16)(H2,13,14,17). The van der Waals surface area contributed by atoms with Crippen LogP contribution in [0.25, 0.3) is 0 Å². The minimum absolute atomic E-state index is 0.0581. The Morgan fingerprint density at radius 1 is 1.53 bits per heavy atom. The second-order valence-corrected chi connectivity index (χ2v) is 5.41. The molecule has 7 heteroatoms. The number of carbonyl (C=O) groups excluding carboxylic acids is 1. The highest BCUT2D eigenvalue weighted by molar-refractivity contribution is 7.10. The fraction of sp³-hybridized carbons (Fsp3) is 0.500. The fourth-order valence-electron chi connectivity index (χ4n) is 1.94. The SMILES string of the molecule is COC1CC(NC(=O)NC(C(=O)O)c2cccs2)C1. The molecule has 19 heavy (non-hydrogen) atoms. The van der Waals surface area contributed by atoms with Crippen LogP contribution in [-0.2, 0) is 9.53 Å².